The van der Waals surface area contributed by atoms with Gasteiger partial charge >= 0.3 is 5.97 Å². The normalized spacial score (nSPS) is 10.1. The first kappa shape index (κ1) is 10.2. The molecule has 0 radical (unpaired) electrons. The fraction of sp³-hybridized carbons (Fsp3) is 0.200. The van der Waals surface area contributed by atoms with Gasteiger partial charge in [0.05, 0.1) is 7.11 Å². The Morgan fingerprint density at radius 3 is 3.21 bits per heavy atom. The lowest BCUT2D eigenvalue weighted by Crippen LogP contribution is -2.06. The van der Waals surface area contributed by atoms with Crippen LogP contribution in [0.5, 0.6) is 0 Å². The minimum Gasteiger partial charge on any atom is -0.466 e. The average molecular weight is 192 g/mol. The molecule has 0 aromatic carbocycles. The van der Waals surface area contributed by atoms with E-state index in [1.807, 2.05) is 12.1 Å². The lowest BCUT2D eigenvalue weighted by molar-refractivity contribution is -0.134. The molecule has 1 aromatic rings. The van der Waals surface area contributed by atoms with Crippen molar-refractivity contribution in [2.45, 2.75) is 6.54 Å². The van der Waals surface area contributed by atoms with Crippen molar-refractivity contribution in [3.05, 3.63) is 42.4 Å². The van der Waals surface area contributed by atoms with E-state index >= 15 is 0 Å². The van der Waals surface area contributed by atoms with Gasteiger partial charge in [-0.25, -0.2) is 4.79 Å². The zero-order valence-electron chi connectivity index (χ0n) is 7.93. The summed E-state index contributed by atoms with van der Waals surface area (Å²) in [6, 6.07) is 3.81. The minimum atomic E-state index is -0.372. The molecule has 0 saturated carbocycles. The Morgan fingerprint density at radius 1 is 1.71 bits per heavy atom. The molecule has 74 valence electrons. The minimum absolute atomic E-state index is 0.372. The van der Waals surface area contributed by atoms with Gasteiger partial charge in [-0.15, -0.1) is 0 Å². The Balaban J connectivity index is 2.29. The lowest BCUT2D eigenvalue weighted by Gasteiger charge is -1.99. The number of esters is 1. The maximum Gasteiger partial charge on any atom is 0.331 e. The third-order valence-electron chi connectivity index (χ3n) is 1.57. The standard InChI is InChI=1S/C10H12N2O2/c1-14-10(13)4-6-12-8-9-3-2-5-11-7-9/h2-7,12H,8H2,1H3/b6-4+. The van der Waals surface area contributed by atoms with Crippen molar-refractivity contribution in [1.29, 1.82) is 0 Å². The zero-order valence-corrected chi connectivity index (χ0v) is 7.93. The molecule has 4 heteroatoms. The molecule has 1 rings (SSSR count). The first-order valence-electron chi connectivity index (χ1n) is 4.19. The summed E-state index contributed by atoms with van der Waals surface area (Å²) in [7, 11) is 1.34. The number of pyridine rings is 1. The van der Waals surface area contributed by atoms with Crippen molar-refractivity contribution in [3.8, 4) is 0 Å². The monoisotopic (exact) mass is 192 g/mol. The third-order valence-corrected chi connectivity index (χ3v) is 1.57. The Bertz CT molecular complexity index is 309. The predicted molar refractivity (Wildman–Crippen MR) is 52.2 cm³/mol. The van der Waals surface area contributed by atoms with Gasteiger partial charge in [0, 0.05) is 31.2 Å². The molecular weight excluding hydrogens is 180 g/mol. The summed E-state index contributed by atoms with van der Waals surface area (Å²) in [6.07, 6.45) is 6.36. The number of ether oxygens (including phenoxy) is 1. The van der Waals surface area contributed by atoms with Gasteiger partial charge in [-0.3, -0.25) is 4.98 Å². The highest BCUT2D eigenvalue weighted by molar-refractivity contribution is 5.81. The van der Waals surface area contributed by atoms with E-state index in [1.54, 1.807) is 18.6 Å². The topological polar surface area (TPSA) is 51.2 Å². The quantitative estimate of drug-likeness (QED) is 0.567. The van der Waals surface area contributed by atoms with E-state index in [0.29, 0.717) is 6.54 Å². The number of aromatic nitrogens is 1. The Morgan fingerprint density at radius 2 is 2.57 bits per heavy atom. The molecule has 0 aliphatic heterocycles. The summed E-state index contributed by atoms with van der Waals surface area (Å²) in [5.41, 5.74) is 1.06. The van der Waals surface area contributed by atoms with Crippen molar-refractivity contribution in [2.24, 2.45) is 0 Å². The van der Waals surface area contributed by atoms with Crippen LogP contribution >= 0.6 is 0 Å². The smallest absolute Gasteiger partial charge is 0.331 e. The number of rotatable bonds is 4. The fourth-order valence-corrected chi connectivity index (χ4v) is 0.874. The number of carbonyl (C=O) groups excluding carboxylic acids is 1. The van der Waals surface area contributed by atoms with Gasteiger partial charge in [0.25, 0.3) is 0 Å². The van der Waals surface area contributed by atoms with Gasteiger partial charge < -0.3 is 10.1 Å². The molecule has 0 aliphatic carbocycles. The maximum atomic E-state index is 10.7. The molecule has 4 nitrogen and oxygen atoms in total. The predicted octanol–water partition coefficient (Wildman–Crippen LogP) is 0.858. The number of methoxy groups -OCH3 is 1. The SMILES string of the molecule is COC(=O)/C=C/NCc1cccnc1. The van der Waals surface area contributed by atoms with Gasteiger partial charge in [0.15, 0.2) is 0 Å². The molecule has 0 fully saturated rings. The second kappa shape index (κ2) is 5.75. The summed E-state index contributed by atoms with van der Waals surface area (Å²) >= 11 is 0. The van der Waals surface area contributed by atoms with Crippen LogP contribution in [0.25, 0.3) is 0 Å². The molecule has 0 bridgehead atoms. The van der Waals surface area contributed by atoms with Crippen molar-refractivity contribution in [3.63, 3.8) is 0 Å². The summed E-state index contributed by atoms with van der Waals surface area (Å²) in [5, 5.41) is 2.95. The molecule has 0 amide bonds. The Hall–Kier alpha value is -1.84. The van der Waals surface area contributed by atoms with Gasteiger partial charge in [-0.1, -0.05) is 6.07 Å². The molecule has 14 heavy (non-hydrogen) atoms. The lowest BCUT2D eigenvalue weighted by atomic mass is 10.3. The van der Waals surface area contributed by atoms with Gasteiger partial charge in [-0.05, 0) is 11.6 Å². The molecule has 0 unspecified atom stereocenters. The van der Waals surface area contributed by atoms with Crippen LogP contribution in [0.1, 0.15) is 5.56 Å². The highest BCUT2D eigenvalue weighted by Gasteiger charge is 1.90. The van der Waals surface area contributed by atoms with Crippen molar-refractivity contribution < 1.29 is 9.53 Å². The summed E-state index contributed by atoms with van der Waals surface area (Å²) < 4.78 is 4.42. The van der Waals surface area contributed by atoms with Crippen molar-refractivity contribution in [2.75, 3.05) is 7.11 Å². The second-order valence-corrected chi connectivity index (χ2v) is 2.60. The molecule has 1 aromatic heterocycles. The van der Waals surface area contributed by atoms with E-state index in [2.05, 4.69) is 15.0 Å². The number of nitrogens with one attached hydrogen (secondary N) is 1. The number of hydrogen-bond donors (Lipinski definition) is 1. The molecule has 0 spiro atoms. The number of nitrogens with zero attached hydrogens (tertiary/aromatic N) is 1. The van der Waals surface area contributed by atoms with E-state index in [4.69, 9.17) is 0 Å². The van der Waals surface area contributed by atoms with Crippen LogP contribution in [0.4, 0.5) is 0 Å². The third kappa shape index (κ3) is 3.71. The maximum absolute atomic E-state index is 10.7. The Kier molecular flexibility index (Phi) is 4.20. The van der Waals surface area contributed by atoms with Gasteiger partial charge in [0.1, 0.15) is 0 Å². The summed E-state index contributed by atoms with van der Waals surface area (Å²) in [4.78, 5) is 14.6. The fourth-order valence-electron chi connectivity index (χ4n) is 0.874. The molecule has 1 heterocycles. The molecule has 1 N–H and O–H groups in total. The van der Waals surface area contributed by atoms with Crippen LogP contribution in [0.3, 0.4) is 0 Å². The average Bonchev–Trinajstić information content (AvgIpc) is 2.25. The van der Waals surface area contributed by atoms with Crippen LogP contribution in [0, 0.1) is 0 Å². The second-order valence-electron chi connectivity index (χ2n) is 2.60. The van der Waals surface area contributed by atoms with Crippen LogP contribution in [-0.4, -0.2) is 18.1 Å². The highest BCUT2D eigenvalue weighted by atomic mass is 16.5. The first-order chi connectivity index (χ1) is 6.83. The Labute approximate surface area is 82.6 Å². The molecular formula is C10H12N2O2. The van der Waals surface area contributed by atoms with E-state index in [-0.39, 0.29) is 5.97 Å². The van der Waals surface area contributed by atoms with E-state index < -0.39 is 0 Å². The largest absolute Gasteiger partial charge is 0.466 e. The first-order valence-corrected chi connectivity index (χ1v) is 4.19. The van der Waals surface area contributed by atoms with Crippen molar-refractivity contribution in [1.82, 2.24) is 10.3 Å². The zero-order chi connectivity index (χ0) is 10.2. The van der Waals surface area contributed by atoms with Crippen LogP contribution < -0.4 is 5.32 Å². The van der Waals surface area contributed by atoms with Crippen LogP contribution in [0.15, 0.2) is 36.8 Å². The van der Waals surface area contributed by atoms with Gasteiger partial charge in [0.2, 0.25) is 0 Å². The number of carbonyl (C=O) groups is 1. The van der Waals surface area contributed by atoms with E-state index in [0.717, 1.165) is 5.56 Å². The van der Waals surface area contributed by atoms with Crippen LogP contribution in [0.2, 0.25) is 0 Å². The number of hydrogen-bond acceptors (Lipinski definition) is 4. The summed E-state index contributed by atoms with van der Waals surface area (Å²) in [6.45, 7) is 0.640. The highest BCUT2D eigenvalue weighted by Crippen LogP contribution is 1.93. The molecule has 0 aliphatic rings. The molecule has 0 saturated heterocycles. The summed E-state index contributed by atoms with van der Waals surface area (Å²) in [5.74, 6) is -0.372. The van der Waals surface area contributed by atoms with Gasteiger partial charge in [-0.2, -0.15) is 0 Å². The van der Waals surface area contributed by atoms with Crippen molar-refractivity contribution >= 4 is 5.97 Å². The van der Waals surface area contributed by atoms with Crippen LogP contribution in [-0.2, 0) is 16.1 Å². The van der Waals surface area contributed by atoms with E-state index in [1.165, 1.54) is 13.2 Å². The molecule has 0 atom stereocenters. The van der Waals surface area contributed by atoms with E-state index in [9.17, 15) is 4.79 Å².